The number of halogens is 1. The van der Waals surface area contributed by atoms with E-state index in [0.717, 1.165) is 24.1 Å². The van der Waals surface area contributed by atoms with Gasteiger partial charge in [0.05, 0.1) is 3.79 Å². The minimum atomic E-state index is -3.36. The summed E-state index contributed by atoms with van der Waals surface area (Å²) in [7, 11) is 0.173. The molecule has 2 rings (SSSR count). The van der Waals surface area contributed by atoms with Gasteiger partial charge in [0.2, 0.25) is 10.0 Å². The fourth-order valence-corrected chi connectivity index (χ4v) is 5.99. The molecule has 4 nitrogen and oxygen atoms in total. The van der Waals surface area contributed by atoms with Crippen LogP contribution in [0.4, 0.5) is 0 Å². The van der Waals surface area contributed by atoms with E-state index in [-0.39, 0.29) is 6.04 Å². The summed E-state index contributed by atoms with van der Waals surface area (Å²) in [6.45, 7) is 0.686. The predicted octanol–water partition coefficient (Wildman–Crippen LogP) is 2.40. The van der Waals surface area contributed by atoms with E-state index < -0.39 is 10.0 Å². The van der Waals surface area contributed by atoms with Crippen LogP contribution in [-0.4, -0.2) is 32.9 Å². The lowest BCUT2D eigenvalue weighted by Crippen LogP contribution is -2.41. The minimum Gasteiger partial charge on any atom is -0.315 e. The molecule has 0 aromatic carbocycles. The lowest BCUT2D eigenvalue weighted by atomic mass is 9.94. The van der Waals surface area contributed by atoms with Gasteiger partial charge in [-0.15, -0.1) is 11.3 Å². The molecule has 1 saturated carbocycles. The standard InChI is InChI=1S/C11H17BrN2O2S2/c1-13-7-9-6-10(11(12)17-9)18(15,16)14(2)8-4-3-5-8/h6,8,13H,3-5,7H2,1-2H3. The third-order valence-electron chi connectivity index (χ3n) is 3.30. The summed E-state index contributed by atoms with van der Waals surface area (Å²) < 4.78 is 27.2. The van der Waals surface area contributed by atoms with Gasteiger partial charge < -0.3 is 5.32 Å². The van der Waals surface area contributed by atoms with Gasteiger partial charge in [-0.25, -0.2) is 8.42 Å². The molecule has 1 N–H and O–H groups in total. The maximum Gasteiger partial charge on any atom is 0.245 e. The second-order valence-corrected chi connectivity index (χ2v) is 8.91. The van der Waals surface area contributed by atoms with Crippen LogP contribution in [0, 0.1) is 0 Å². The van der Waals surface area contributed by atoms with Crippen molar-refractivity contribution in [2.45, 2.75) is 36.7 Å². The van der Waals surface area contributed by atoms with Crippen LogP contribution in [0.3, 0.4) is 0 Å². The second-order valence-electron chi connectivity index (χ2n) is 4.49. The summed E-state index contributed by atoms with van der Waals surface area (Å²) in [6.07, 6.45) is 3.07. The summed E-state index contributed by atoms with van der Waals surface area (Å²) in [5.41, 5.74) is 0. The molecular formula is C11H17BrN2O2S2. The van der Waals surface area contributed by atoms with Gasteiger partial charge >= 0.3 is 0 Å². The minimum absolute atomic E-state index is 0.176. The first-order valence-electron chi connectivity index (χ1n) is 5.87. The molecule has 1 aromatic rings. The first kappa shape index (κ1) is 14.5. The van der Waals surface area contributed by atoms with Gasteiger partial charge in [0.25, 0.3) is 0 Å². The molecule has 1 aromatic heterocycles. The highest BCUT2D eigenvalue weighted by molar-refractivity contribution is 9.11. The molecule has 1 aliphatic carbocycles. The number of nitrogens with one attached hydrogen (secondary N) is 1. The SMILES string of the molecule is CNCc1cc(S(=O)(=O)N(C)C2CCC2)c(Br)s1. The first-order valence-corrected chi connectivity index (χ1v) is 8.92. The highest BCUT2D eigenvalue weighted by Gasteiger charge is 2.33. The van der Waals surface area contributed by atoms with Gasteiger partial charge in [-0.1, -0.05) is 6.42 Å². The van der Waals surface area contributed by atoms with E-state index in [1.165, 1.54) is 15.6 Å². The molecule has 102 valence electrons. The average molecular weight is 353 g/mol. The molecule has 1 fully saturated rings. The van der Waals surface area contributed by atoms with Crippen molar-refractivity contribution < 1.29 is 8.42 Å². The number of hydrogen-bond acceptors (Lipinski definition) is 4. The number of hydrogen-bond donors (Lipinski definition) is 1. The molecule has 0 unspecified atom stereocenters. The topological polar surface area (TPSA) is 49.4 Å². The van der Waals surface area contributed by atoms with Crippen LogP contribution >= 0.6 is 27.3 Å². The van der Waals surface area contributed by atoms with Gasteiger partial charge in [0, 0.05) is 24.5 Å². The van der Waals surface area contributed by atoms with Crippen LogP contribution in [0.15, 0.2) is 14.7 Å². The van der Waals surface area contributed by atoms with Crippen molar-refractivity contribution in [3.8, 4) is 0 Å². The molecule has 0 amide bonds. The quantitative estimate of drug-likeness (QED) is 0.884. The van der Waals surface area contributed by atoms with Crippen molar-refractivity contribution in [1.82, 2.24) is 9.62 Å². The van der Waals surface area contributed by atoms with Gasteiger partial charge in [-0.2, -0.15) is 4.31 Å². The zero-order valence-electron chi connectivity index (χ0n) is 10.4. The van der Waals surface area contributed by atoms with E-state index in [1.54, 1.807) is 13.1 Å². The molecule has 1 aliphatic rings. The largest absolute Gasteiger partial charge is 0.315 e. The Balaban J connectivity index is 2.28. The van der Waals surface area contributed by atoms with E-state index in [0.29, 0.717) is 15.2 Å². The number of sulfonamides is 1. The molecule has 7 heteroatoms. The Labute approximate surface area is 121 Å². The Bertz CT molecular complexity index is 523. The molecule has 0 aliphatic heterocycles. The van der Waals surface area contributed by atoms with E-state index in [9.17, 15) is 8.42 Å². The molecular weight excluding hydrogens is 336 g/mol. The predicted molar refractivity (Wildman–Crippen MR) is 77.4 cm³/mol. The molecule has 0 saturated heterocycles. The smallest absolute Gasteiger partial charge is 0.245 e. The number of thiophene rings is 1. The van der Waals surface area contributed by atoms with Crippen molar-refractivity contribution in [3.63, 3.8) is 0 Å². The van der Waals surface area contributed by atoms with Gasteiger partial charge in [-0.05, 0) is 41.9 Å². The van der Waals surface area contributed by atoms with E-state index in [1.807, 2.05) is 7.05 Å². The number of rotatable bonds is 5. The Kier molecular flexibility index (Phi) is 4.48. The Morgan fingerprint density at radius 2 is 2.22 bits per heavy atom. The van der Waals surface area contributed by atoms with Gasteiger partial charge in [0.1, 0.15) is 4.90 Å². The molecule has 18 heavy (non-hydrogen) atoms. The van der Waals surface area contributed by atoms with Gasteiger partial charge in [-0.3, -0.25) is 0 Å². The Hall–Kier alpha value is 0.0500. The van der Waals surface area contributed by atoms with Crippen molar-refractivity contribution >= 4 is 37.3 Å². The van der Waals surface area contributed by atoms with Crippen molar-refractivity contribution in [2.24, 2.45) is 0 Å². The normalized spacial score (nSPS) is 17.1. The van der Waals surface area contributed by atoms with Crippen LogP contribution < -0.4 is 5.32 Å². The van der Waals surface area contributed by atoms with Gasteiger partial charge in [0.15, 0.2) is 0 Å². The van der Waals surface area contributed by atoms with Crippen molar-refractivity contribution in [2.75, 3.05) is 14.1 Å². The van der Waals surface area contributed by atoms with Crippen LogP contribution in [0.5, 0.6) is 0 Å². The summed E-state index contributed by atoms with van der Waals surface area (Å²) in [6, 6.07) is 1.94. The summed E-state index contributed by atoms with van der Waals surface area (Å²) in [5, 5.41) is 3.03. The third-order valence-corrected chi connectivity index (χ3v) is 7.47. The highest BCUT2D eigenvalue weighted by Crippen LogP contribution is 2.36. The summed E-state index contributed by atoms with van der Waals surface area (Å²) >= 11 is 4.83. The Morgan fingerprint density at radius 3 is 2.72 bits per heavy atom. The van der Waals surface area contributed by atoms with E-state index in [2.05, 4.69) is 21.2 Å². The van der Waals surface area contributed by atoms with E-state index in [4.69, 9.17) is 0 Å². The zero-order chi connectivity index (χ0) is 13.3. The Morgan fingerprint density at radius 1 is 1.56 bits per heavy atom. The molecule has 0 bridgehead atoms. The fourth-order valence-electron chi connectivity index (χ4n) is 1.94. The van der Waals surface area contributed by atoms with Crippen LogP contribution in [0.2, 0.25) is 0 Å². The molecule has 1 heterocycles. The average Bonchev–Trinajstić information content (AvgIpc) is 2.58. The second kappa shape index (κ2) is 5.58. The summed E-state index contributed by atoms with van der Waals surface area (Å²) in [4.78, 5) is 1.41. The molecule has 0 atom stereocenters. The van der Waals surface area contributed by atoms with E-state index >= 15 is 0 Å². The lowest BCUT2D eigenvalue weighted by Gasteiger charge is -2.33. The maximum atomic E-state index is 12.5. The first-order chi connectivity index (χ1) is 8.46. The van der Waals surface area contributed by atoms with Crippen LogP contribution in [-0.2, 0) is 16.6 Å². The highest BCUT2D eigenvalue weighted by atomic mass is 79.9. The lowest BCUT2D eigenvalue weighted by molar-refractivity contribution is 0.249. The fraction of sp³-hybridized carbons (Fsp3) is 0.636. The molecule has 0 spiro atoms. The zero-order valence-corrected chi connectivity index (χ0v) is 13.7. The van der Waals surface area contributed by atoms with Crippen molar-refractivity contribution in [3.05, 3.63) is 14.7 Å². The van der Waals surface area contributed by atoms with Crippen molar-refractivity contribution in [1.29, 1.82) is 0 Å². The van der Waals surface area contributed by atoms with Crippen LogP contribution in [0.1, 0.15) is 24.1 Å². The summed E-state index contributed by atoms with van der Waals surface area (Å²) in [5.74, 6) is 0. The maximum absolute atomic E-state index is 12.5. The molecule has 0 radical (unpaired) electrons. The number of nitrogens with zero attached hydrogens (tertiary/aromatic N) is 1. The monoisotopic (exact) mass is 352 g/mol. The van der Waals surface area contributed by atoms with Crippen LogP contribution in [0.25, 0.3) is 0 Å². The third kappa shape index (κ3) is 2.65.